The molecule has 3 heteroatoms. The number of hydrogen-bond donors (Lipinski definition) is 1. The predicted molar refractivity (Wildman–Crippen MR) is 59.9 cm³/mol. The van der Waals surface area contributed by atoms with Gasteiger partial charge in [0, 0.05) is 12.0 Å². The molecule has 0 saturated heterocycles. The molecule has 0 fully saturated rings. The molecule has 0 radical (unpaired) electrons. The van der Waals surface area contributed by atoms with Crippen LogP contribution in [0.5, 0.6) is 5.75 Å². The first-order valence-corrected chi connectivity index (χ1v) is 5.19. The molecule has 1 aliphatic rings. The summed E-state index contributed by atoms with van der Waals surface area (Å²) in [6.45, 7) is 1.73. The number of Topliss-reactive ketones (excluding diaryl/α,β-unsaturated/α-hetero) is 1. The zero-order valence-electron chi connectivity index (χ0n) is 8.99. The van der Waals surface area contributed by atoms with Crippen LogP contribution in [0.1, 0.15) is 39.6 Å². The number of hydrogen-bond acceptors (Lipinski definition) is 3. The Morgan fingerprint density at radius 2 is 2.12 bits per heavy atom. The summed E-state index contributed by atoms with van der Waals surface area (Å²) >= 11 is 0. The molecule has 1 aromatic carbocycles. The van der Waals surface area contributed by atoms with Gasteiger partial charge in [-0.2, -0.15) is 0 Å². The molecule has 0 atom stereocenters. The van der Waals surface area contributed by atoms with Crippen LogP contribution in [0.4, 0.5) is 0 Å². The Morgan fingerprint density at radius 3 is 2.81 bits per heavy atom. The minimum Gasteiger partial charge on any atom is -0.507 e. The molecule has 0 heterocycles. The highest BCUT2D eigenvalue weighted by Crippen LogP contribution is 2.29. The van der Waals surface area contributed by atoms with Crippen LogP contribution in [0, 0.1) is 0 Å². The van der Waals surface area contributed by atoms with Gasteiger partial charge in [0.2, 0.25) is 0 Å². The van der Waals surface area contributed by atoms with Gasteiger partial charge in [-0.3, -0.25) is 9.59 Å². The van der Waals surface area contributed by atoms with Crippen molar-refractivity contribution in [2.45, 2.75) is 19.8 Å². The average Bonchev–Trinajstić information content (AvgIpc) is 2.59. The van der Waals surface area contributed by atoms with Crippen LogP contribution in [-0.2, 0) is 6.42 Å². The van der Waals surface area contributed by atoms with Gasteiger partial charge in [0.25, 0.3) is 0 Å². The summed E-state index contributed by atoms with van der Waals surface area (Å²) in [5.41, 5.74) is 1.61. The third-order valence-electron chi connectivity index (χ3n) is 2.73. The van der Waals surface area contributed by atoms with Gasteiger partial charge >= 0.3 is 0 Å². The van der Waals surface area contributed by atoms with Gasteiger partial charge in [0.05, 0.1) is 5.56 Å². The molecule has 1 N–H and O–H groups in total. The van der Waals surface area contributed by atoms with Crippen molar-refractivity contribution in [1.29, 1.82) is 0 Å². The molecule has 3 nitrogen and oxygen atoms in total. The first-order valence-electron chi connectivity index (χ1n) is 5.19. The van der Waals surface area contributed by atoms with E-state index in [1.165, 1.54) is 18.2 Å². The van der Waals surface area contributed by atoms with Crippen molar-refractivity contribution < 1.29 is 14.7 Å². The largest absolute Gasteiger partial charge is 0.507 e. The van der Waals surface area contributed by atoms with Crippen molar-refractivity contribution in [3.8, 4) is 5.75 Å². The van der Waals surface area contributed by atoms with Crippen molar-refractivity contribution in [2.75, 3.05) is 0 Å². The first kappa shape index (κ1) is 10.6. The Kier molecular flexibility index (Phi) is 2.60. The summed E-state index contributed by atoms with van der Waals surface area (Å²) in [6, 6.07) is 3.03. The molecule has 0 bridgehead atoms. The lowest BCUT2D eigenvalue weighted by atomic mass is 10.0. The fraction of sp³-hybridized carbons (Fsp3) is 0.231. The average molecular weight is 216 g/mol. The van der Waals surface area contributed by atoms with E-state index in [0.29, 0.717) is 18.4 Å². The summed E-state index contributed by atoms with van der Waals surface area (Å²) in [4.78, 5) is 23.1. The maximum Gasteiger partial charge on any atom is 0.189 e. The second-order valence-corrected chi connectivity index (χ2v) is 3.81. The second kappa shape index (κ2) is 3.93. The van der Waals surface area contributed by atoms with Gasteiger partial charge in [-0.15, -0.1) is 0 Å². The molecule has 0 spiro atoms. The smallest absolute Gasteiger partial charge is 0.189 e. The van der Waals surface area contributed by atoms with Crippen LogP contribution in [-0.4, -0.2) is 16.7 Å². The lowest BCUT2D eigenvalue weighted by Crippen LogP contribution is -1.99. The molecule has 0 aromatic heterocycles. The summed E-state index contributed by atoms with van der Waals surface area (Å²) in [5.74, 6) is -0.274. The van der Waals surface area contributed by atoms with Crippen LogP contribution in [0.3, 0.4) is 0 Å². The van der Waals surface area contributed by atoms with Crippen molar-refractivity contribution in [1.82, 2.24) is 0 Å². The Bertz CT molecular complexity index is 498. The Morgan fingerprint density at radius 1 is 1.38 bits per heavy atom. The van der Waals surface area contributed by atoms with E-state index in [4.69, 9.17) is 0 Å². The normalized spacial score (nSPS) is 14.4. The molecule has 0 amide bonds. The number of carbonyl (C=O) groups excluding carboxylic acids is 2. The third-order valence-corrected chi connectivity index (χ3v) is 2.73. The molecular formula is C13H12O3. The van der Waals surface area contributed by atoms with E-state index >= 15 is 0 Å². The van der Waals surface area contributed by atoms with E-state index in [-0.39, 0.29) is 22.9 Å². The lowest BCUT2D eigenvalue weighted by Gasteiger charge is -2.04. The molecule has 82 valence electrons. The summed E-state index contributed by atoms with van der Waals surface area (Å²) in [5, 5.41) is 9.69. The van der Waals surface area contributed by atoms with Crippen LogP contribution < -0.4 is 0 Å². The zero-order valence-corrected chi connectivity index (χ0v) is 8.99. The molecule has 1 aliphatic carbocycles. The van der Waals surface area contributed by atoms with Crippen LogP contribution in [0.25, 0.3) is 0 Å². The van der Waals surface area contributed by atoms with E-state index in [9.17, 15) is 14.7 Å². The van der Waals surface area contributed by atoms with E-state index in [1.807, 2.05) is 0 Å². The maximum absolute atomic E-state index is 11.6. The van der Waals surface area contributed by atoms with Gasteiger partial charge in [-0.25, -0.2) is 0 Å². The van der Waals surface area contributed by atoms with Crippen molar-refractivity contribution in [2.24, 2.45) is 0 Å². The van der Waals surface area contributed by atoms with Gasteiger partial charge in [0.1, 0.15) is 5.75 Å². The molecule has 16 heavy (non-hydrogen) atoms. The van der Waals surface area contributed by atoms with Crippen LogP contribution in [0.15, 0.2) is 24.3 Å². The topological polar surface area (TPSA) is 54.4 Å². The lowest BCUT2D eigenvalue weighted by molar-refractivity contribution is 0.0994. The standard InChI is InChI=1S/C13H12O3/c1-2-3-11(14)10-7-9-8(6-13(10)16)4-5-12(9)15/h2-3,6-7,16H,4-5H2,1H3. The van der Waals surface area contributed by atoms with Crippen molar-refractivity contribution in [3.05, 3.63) is 41.0 Å². The molecule has 0 saturated carbocycles. The fourth-order valence-electron chi connectivity index (χ4n) is 1.92. The molecule has 1 aromatic rings. The van der Waals surface area contributed by atoms with E-state index in [1.54, 1.807) is 13.0 Å². The molecule has 2 rings (SSSR count). The number of rotatable bonds is 2. The number of fused-ring (bicyclic) bond motifs is 1. The highest BCUT2D eigenvalue weighted by molar-refractivity contribution is 6.09. The minimum absolute atomic E-state index is 0.0449. The van der Waals surface area contributed by atoms with Crippen molar-refractivity contribution in [3.63, 3.8) is 0 Å². The quantitative estimate of drug-likeness (QED) is 0.609. The number of allylic oxidation sites excluding steroid dienone is 2. The molecular weight excluding hydrogens is 204 g/mol. The summed E-state index contributed by atoms with van der Waals surface area (Å²) in [6.07, 6.45) is 4.10. The van der Waals surface area contributed by atoms with Crippen molar-refractivity contribution >= 4 is 11.6 Å². The SMILES string of the molecule is CC=CC(=O)c1cc2c(cc1O)CCC2=O. The van der Waals surface area contributed by atoms with Crippen LogP contribution in [0.2, 0.25) is 0 Å². The minimum atomic E-state index is -0.275. The first-order chi connectivity index (χ1) is 7.63. The highest BCUT2D eigenvalue weighted by atomic mass is 16.3. The van der Waals surface area contributed by atoms with Gasteiger partial charge in [-0.1, -0.05) is 6.08 Å². The fourth-order valence-corrected chi connectivity index (χ4v) is 1.92. The van der Waals surface area contributed by atoms with Gasteiger partial charge < -0.3 is 5.11 Å². The number of aromatic hydroxyl groups is 1. The maximum atomic E-state index is 11.6. The van der Waals surface area contributed by atoms with E-state index in [0.717, 1.165) is 5.56 Å². The number of phenolic OH excluding ortho intramolecular Hbond substituents is 1. The Labute approximate surface area is 93.4 Å². The predicted octanol–water partition coefficient (Wildman–Crippen LogP) is 2.28. The summed E-state index contributed by atoms with van der Waals surface area (Å²) < 4.78 is 0. The number of ketones is 2. The third kappa shape index (κ3) is 1.65. The van der Waals surface area contributed by atoms with E-state index < -0.39 is 0 Å². The Balaban J connectivity index is 2.52. The number of benzene rings is 1. The van der Waals surface area contributed by atoms with Gasteiger partial charge in [0.15, 0.2) is 11.6 Å². The highest BCUT2D eigenvalue weighted by Gasteiger charge is 2.22. The molecule has 0 unspecified atom stereocenters. The molecule has 0 aliphatic heterocycles. The van der Waals surface area contributed by atoms with Crippen LogP contribution >= 0.6 is 0 Å². The second-order valence-electron chi connectivity index (χ2n) is 3.81. The Hall–Kier alpha value is -1.90. The number of phenols is 1. The number of carbonyl (C=O) groups is 2. The van der Waals surface area contributed by atoms with Gasteiger partial charge in [-0.05, 0) is 37.1 Å². The summed E-state index contributed by atoms with van der Waals surface area (Å²) in [7, 11) is 0. The van der Waals surface area contributed by atoms with E-state index in [2.05, 4.69) is 0 Å². The zero-order chi connectivity index (χ0) is 11.7. The number of aryl methyl sites for hydroxylation is 1. The monoisotopic (exact) mass is 216 g/mol.